The summed E-state index contributed by atoms with van der Waals surface area (Å²) in [7, 11) is -4.89. The number of phosphoric acid groups is 1. The highest BCUT2D eigenvalue weighted by atomic mass is 31.2. The van der Waals surface area contributed by atoms with E-state index in [0.29, 0.717) is 11.1 Å². The standard InChI is InChI=1S/C15H20NO8P/c1-15(2)23-12-10(7-21-25(18,19)20)22-11(13(12)24-15)8-4-3-5-9(6-8)14(16)17/h3-6,10-13H,7H2,1-2H3,(H2,16,17)(H2,18,19,20)/p-1/t10-,11+,12+,13?/m0/s1. The smallest absolute Gasteiger partial charge is 0.265 e. The largest absolute Gasteiger partial charge is 0.756 e. The molecule has 2 fully saturated rings. The molecule has 5 atom stereocenters. The summed E-state index contributed by atoms with van der Waals surface area (Å²) in [6, 6.07) is 6.58. The predicted octanol–water partition coefficient (Wildman–Crippen LogP) is 0.223. The Morgan fingerprint density at radius 2 is 2.08 bits per heavy atom. The summed E-state index contributed by atoms with van der Waals surface area (Å²) in [5, 5.41) is 0. The van der Waals surface area contributed by atoms with Crippen molar-refractivity contribution in [1.29, 1.82) is 0 Å². The molecule has 2 aliphatic heterocycles. The molecule has 25 heavy (non-hydrogen) atoms. The number of phosphoric ester groups is 1. The Bertz CT molecular complexity index is 717. The monoisotopic (exact) mass is 372 g/mol. The first-order valence-electron chi connectivity index (χ1n) is 7.65. The molecule has 9 nitrogen and oxygen atoms in total. The van der Waals surface area contributed by atoms with Crippen LogP contribution in [0.1, 0.15) is 35.9 Å². The molecule has 2 saturated heterocycles. The van der Waals surface area contributed by atoms with Gasteiger partial charge in [-0.2, -0.15) is 0 Å². The van der Waals surface area contributed by atoms with Gasteiger partial charge in [-0.1, -0.05) is 12.1 Å². The molecule has 1 amide bonds. The second kappa shape index (κ2) is 6.44. The molecule has 2 aliphatic rings. The van der Waals surface area contributed by atoms with E-state index >= 15 is 0 Å². The number of hydrogen-bond acceptors (Lipinski definition) is 7. The molecule has 1 aromatic carbocycles. The van der Waals surface area contributed by atoms with Crippen LogP contribution in [-0.4, -0.2) is 41.5 Å². The van der Waals surface area contributed by atoms with Crippen LogP contribution in [0.15, 0.2) is 24.3 Å². The third-order valence-electron chi connectivity index (χ3n) is 4.05. The average Bonchev–Trinajstić information content (AvgIpc) is 2.97. The molecular formula is C15H19NO8P-. The van der Waals surface area contributed by atoms with Gasteiger partial charge in [0.2, 0.25) is 5.91 Å². The fourth-order valence-electron chi connectivity index (χ4n) is 3.12. The molecule has 2 heterocycles. The minimum Gasteiger partial charge on any atom is -0.756 e. The number of hydrogen-bond donors (Lipinski definition) is 2. The minimum atomic E-state index is -4.89. The van der Waals surface area contributed by atoms with Crippen molar-refractivity contribution in [3.8, 4) is 0 Å². The first-order valence-corrected chi connectivity index (χ1v) is 9.14. The lowest BCUT2D eigenvalue weighted by Gasteiger charge is -2.25. The van der Waals surface area contributed by atoms with Crippen LogP contribution in [-0.2, 0) is 23.3 Å². The van der Waals surface area contributed by atoms with Crippen LogP contribution in [0, 0.1) is 0 Å². The molecule has 2 unspecified atom stereocenters. The Hall–Kier alpha value is -1.32. The number of carbonyl (C=O) groups is 1. The highest BCUT2D eigenvalue weighted by Gasteiger charge is 2.55. The molecule has 3 N–H and O–H groups in total. The highest BCUT2D eigenvalue weighted by Crippen LogP contribution is 2.46. The van der Waals surface area contributed by atoms with Crippen LogP contribution < -0.4 is 10.6 Å². The van der Waals surface area contributed by atoms with Gasteiger partial charge in [0.25, 0.3) is 7.82 Å². The van der Waals surface area contributed by atoms with Crippen molar-refractivity contribution in [2.45, 2.75) is 44.1 Å². The molecule has 0 aliphatic carbocycles. The molecule has 0 saturated carbocycles. The summed E-state index contributed by atoms with van der Waals surface area (Å²) in [5.41, 5.74) is 6.26. The van der Waals surface area contributed by atoms with Gasteiger partial charge in [0.15, 0.2) is 5.79 Å². The Balaban J connectivity index is 1.86. The predicted molar refractivity (Wildman–Crippen MR) is 82.2 cm³/mol. The zero-order valence-corrected chi connectivity index (χ0v) is 14.5. The molecule has 10 heteroatoms. The van der Waals surface area contributed by atoms with E-state index in [2.05, 4.69) is 4.52 Å². The quantitative estimate of drug-likeness (QED) is 0.700. The third kappa shape index (κ3) is 4.09. The number of ether oxygens (including phenoxy) is 3. The maximum Gasteiger partial charge on any atom is 0.265 e. The lowest BCUT2D eigenvalue weighted by Crippen LogP contribution is -2.33. The maximum atomic E-state index is 11.4. The summed E-state index contributed by atoms with van der Waals surface area (Å²) < 4.78 is 32.8. The molecule has 0 spiro atoms. The van der Waals surface area contributed by atoms with E-state index < -0.39 is 50.5 Å². The van der Waals surface area contributed by atoms with Gasteiger partial charge < -0.3 is 34.3 Å². The van der Waals surface area contributed by atoms with E-state index in [1.165, 1.54) is 0 Å². The van der Waals surface area contributed by atoms with Gasteiger partial charge in [-0.25, -0.2) is 0 Å². The molecule has 138 valence electrons. The zero-order chi connectivity index (χ0) is 18.4. The van der Waals surface area contributed by atoms with Gasteiger partial charge >= 0.3 is 0 Å². The lowest BCUT2D eigenvalue weighted by molar-refractivity contribution is -0.225. The topological polar surface area (TPSA) is 140 Å². The second-order valence-corrected chi connectivity index (χ2v) is 7.61. The lowest BCUT2D eigenvalue weighted by atomic mass is 10.00. The average molecular weight is 372 g/mol. The van der Waals surface area contributed by atoms with Crippen LogP contribution in [0.4, 0.5) is 0 Å². The van der Waals surface area contributed by atoms with E-state index in [0.717, 1.165) is 0 Å². The van der Waals surface area contributed by atoms with Crippen molar-refractivity contribution >= 4 is 13.7 Å². The number of rotatable bonds is 5. The Morgan fingerprint density at radius 1 is 1.40 bits per heavy atom. The first-order chi connectivity index (χ1) is 11.6. The summed E-state index contributed by atoms with van der Waals surface area (Å²) in [6.45, 7) is 3.04. The van der Waals surface area contributed by atoms with Crippen LogP contribution in [0.3, 0.4) is 0 Å². The second-order valence-electron chi connectivity index (χ2n) is 6.41. The van der Waals surface area contributed by atoms with E-state index in [1.54, 1.807) is 38.1 Å². The van der Waals surface area contributed by atoms with Crippen molar-refractivity contribution < 1.29 is 37.9 Å². The number of nitrogens with two attached hydrogens (primary N) is 1. The number of carbonyl (C=O) groups excluding carboxylic acids is 1. The maximum absolute atomic E-state index is 11.4. The van der Waals surface area contributed by atoms with E-state index in [4.69, 9.17) is 24.8 Å². The Labute approximate surface area is 144 Å². The highest BCUT2D eigenvalue weighted by molar-refractivity contribution is 7.44. The van der Waals surface area contributed by atoms with Gasteiger partial charge in [0, 0.05) is 5.56 Å². The number of fused-ring (bicyclic) bond motifs is 1. The summed E-state index contributed by atoms with van der Waals surface area (Å²) in [6.07, 6.45) is -2.51. The zero-order valence-electron chi connectivity index (χ0n) is 13.7. The summed E-state index contributed by atoms with van der Waals surface area (Å²) in [5.74, 6) is -1.47. The van der Waals surface area contributed by atoms with Crippen LogP contribution in [0.25, 0.3) is 0 Å². The van der Waals surface area contributed by atoms with Gasteiger partial charge in [0.1, 0.15) is 24.4 Å². The van der Waals surface area contributed by atoms with E-state index in [-0.39, 0.29) is 0 Å². The SMILES string of the molecule is CC1(C)OC2[C@@H](c3cccc(C(N)=O)c3)O[C@@H](COP(=O)([O-])O)[C@H]2O1. The van der Waals surface area contributed by atoms with E-state index in [9.17, 15) is 14.3 Å². The van der Waals surface area contributed by atoms with Crippen molar-refractivity contribution in [3.05, 3.63) is 35.4 Å². The molecule has 0 aromatic heterocycles. The fourth-order valence-corrected chi connectivity index (χ4v) is 3.46. The molecule has 1 aromatic rings. The summed E-state index contributed by atoms with van der Waals surface area (Å²) >= 11 is 0. The number of benzene rings is 1. The normalized spacial score (nSPS) is 33.0. The molecular weight excluding hydrogens is 353 g/mol. The van der Waals surface area contributed by atoms with E-state index in [1.807, 2.05) is 0 Å². The number of amides is 1. The van der Waals surface area contributed by atoms with Gasteiger partial charge in [-0.15, -0.1) is 0 Å². The first kappa shape index (κ1) is 18.5. The van der Waals surface area contributed by atoms with Crippen molar-refractivity contribution in [3.63, 3.8) is 0 Å². The van der Waals surface area contributed by atoms with Crippen LogP contribution in [0.2, 0.25) is 0 Å². The van der Waals surface area contributed by atoms with Gasteiger partial charge in [-0.05, 0) is 31.5 Å². The van der Waals surface area contributed by atoms with Crippen molar-refractivity contribution in [2.24, 2.45) is 5.73 Å². The van der Waals surface area contributed by atoms with Crippen molar-refractivity contribution in [2.75, 3.05) is 6.61 Å². The van der Waals surface area contributed by atoms with Crippen molar-refractivity contribution in [1.82, 2.24) is 0 Å². The molecule has 0 bridgehead atoms. The van der Waals surface area contributed by atoms with Crippen LogP contribution in [0.5, 0.6) is 0 Å². The Kier molecular flexibility index (Phi) is 4.76. The number of primary amides is 1. The third-order valence-corrected chi connectivity index (χ3v) is 4.53. The summed E-state index contributed by atoms with van der Waals surface area (Å²) in [4.78, 5) is 31.0. The van der Waals surface area contributed by atoms with Crippen LogP contribution >= 0.6 is 7.82 Å². The molecule has 3 rings (SSSR count). The molecule has 0 radical (unpaired) electrons. The fraction of sp³-hybridized carbons (Fsp3) is 0.533. The minimum absolute atomic E-state index is 0.315. The Morgan fingerprint density at radius 3 is 2.72 bits per heavy atom. The van der Waals surface area contributed by atoms with Gasteiger partial charge in [0.05, 0.1) is 6.61 Å². The van der Waals surface area contributed by atoms with Gasteiger partial charge in [-0.3, -0.25) is 9.36 Å².